The van der Waals surface area contributed by atoms with Gasteiger partial charge in [0.1, 0.15) is 15.7 Å². The van der Waals surface area contributed by atoms with E-state index in [4.69, 9.17) is 27.9 Å². The number of benzene rings is 1. The first-order valence-corrected chi connectivity index (χ1v) is 7.24. The lowest BCUT2D eigenvalue weighted by molar-refractivity contribution is 0.414. The third-order valence-corrected chi connectivity index (χ3v) is 4.96. The maximum Gasteiger partial charge on any atom is 0.242 e. The van der Waals surface area contributed by atoms with Crippen LogP contribution in [0.25, 0.3) is 0 Å². The number of hydrogen-bond acceptors (Lipinski definition) is 3. The molecule has 17 heavy (non-hydrogen) atoms. The first kappa shape index (κ1) is 13.0. The number of hydrogen-bond donors (Lipinski definition) is 1. The highest BCUT2D eigenvalue weighted by atomic mass is 35.5. The van der Waals surface area contributed by atoms with Gasteiger partial charge in [-0.05, 0) is 25.0 Å². The van der Waals surface area contributed by atoms with Crippen LogP contribution in [0.3, 0.4) is 0 Å². The normalized spacial score (nSPS) is 15.9. The molecule has 1 aliphatic rings. The van der Waals surface area contributed by atoms with Gasteiger partial charge < -0.3 is 4.74 Å². The van der Waals surface area contributed by atoms with E-state index in [2.05, 4.69) is 4.72 Å². The predicted octanol–water partition coefficient (Wildman–Crippen LogP) is 2.44. The highest BCUT2D eigenvalue weighted by molar-refractivity contribution is 7.89. The number of methoxy groups -OCH3 is 1. The van der Waals surface area contributed by atoms with Gasteiger partial charge in [-0.25, -0.2) is 13.1 Å². The summed E-state index contributed by atoms with van der Waals surface area (Å²) in [5.74, 6) is 0.349. The van der Waals surface area contributed by atoms with Gasteiger partial charge in [-0.3, -0.25) is 0 Å². The molecule has 0 bridgehead atoms. The summed E-state index contributed by atoms with van der Waals surface area (Å²) in [6, 6.07) is 2.89. The summed E-state index contributed by atoms with van der Waals surface area (Å²) in [6.45, 7) is 0. The Morgan fingerprint density at radius 3 is 2.47 bits per heavy atom. The van der Waals surface area contributed by atoms with Crippen molar-refractivity contribution in [1.82, 2.24) is 4.72 Å². The minimum absolute atomic E-state index is 0.0147. The second-order valence-electron chi connectivity index (χ2n) is 3.79. The van der Waals surface area contributed by atoms with E-state index in [0.717, 1.165) is 12.8 Å². The van der Waals surface area contributed by atoms with Crippen molar-refractivity contribution >= 4 is 33.2 Å². The molecule has 0 radical (unpaired) electrons. The van der Waals surface area contributed by atoms with Crippen molar-refractivity contribution in [2.75, 3.05) is 7.11 Å². The van der Waals surface area contributed by atoms with Crippen LogP contribution in [-0.2, 0) is 10.0 Å². The Labute approximate surface area is 110 Å². The van der Waals surface area contributed by atoms with Gasteiger partial charge in [0, 0.05) is 6.04 Å². The summed E-state index contributed by atoms with van der Waals surface area (Å²) >= 11 is 11.8. The second kappa shape index (κ2) is 4.65. The van der Waals surface area contributed by atoms with Gasteiger partial charge in [0.2, 0.25) is 10.0 Å². The number of ether oxygens (including phenoxy) is 1. The lowest BCUT2D eigenvalue weighted by Gasteiger charge is -2.10. The first-order valence-electron chi connectivity index (χ1n) is 5.00. The Balaban J connectivity index is 2.41. The standard InChI is InChI=1S/C10H11Cl2NO3S/c1-16-7-4-5-8(10(12)9(7)11)17(14,15)13-6-2-3-6/h4-6,13H,2-3H2,1H3. The van der Waals surface area contributed by atoms with Crippen molar-refractivity contribution < 1.29 is 13.2 Å². The summed E-state index contributed by atoms with van der Waals surface area (Å²) in [5.41, 5.74) is 0. The molecule has 94 valence electrons. The van der Waals surface area contributed by atoms with Gasteiger partial charge in [0.25, 0.3) is 0 Å². The summed E-state index contributed by atoms with van der Waals surface area (Å²) in [7, 11) is -2.16. The average Bonchev–Trinajstić information content (AvgIpc) is 3.04. The van der Waals surface area contributed by atoms with E-state index in [0.29, 0.717) is 5.75 Å². The Morgan fingerprint density at radius 1 is 1.29 bits per heavy atom. The summed E-state index contributed by atoms with van der Waals surface area (Å²) < 4.78 is 31.4. The van der Waals surface area contributed by atoms with E-state index in [1.807, 2.05) is 0 Å². The van der Waals surface area contributed by atoms with Crippen LogP contribution < -0.4 is 9.46 Å². The minimum atomic E-state index is -3.60. The largest absolute Gasteiger partial charge is 0.495 e. The first-order chi connectivity index (χ1) is 7.95. The van der Waals surface area contributed by atoms with Crippen LogP contribution in [0.4, 0.5) is 0 Å². The van der Waals surface area contributed by atoms with Crippen LogP contribution in [0.5, 0.6) is 5.75 Å². The molecule has 1 fully saturated rings. The third-order valence-electron chi connectivity index (χ3n) is 2.42. The zero-order chi connectivity index (χ0) is 12.6. The molecule has 0 atom stereocenters. The van der Waals surface area contributed by atoms with Crippen LogP contribution in [-0.4, -0.2) is 21.6 Å². The Bertz CT molecular complexity index is 541. The van der Waals surface area contributed by atoms with Gasteiger partial charge in [-0.2, -0.15) is 0 Å². The number of sulfonamides is 1. The van der Waals surface area contributed by atoms with Crippen molar-refractivity contribution in [2.45, 2.75) is 23.8 Å². The minimum Gasteiger partial charge on any atom is -0.495 e. The summed E-state index contributed by atoms with van der Waals surface area (Å²) in [5, 5.41) is 0.0898. The van der Waals surface area contributed by atoms with E-state index in [1.165, 1.54) is 19.2 Å². The van der Waals surface area contributed by atoms with Gasteiger partial charge in [0.15, 0.2) is 0 Å². The fourth-order valence-corrected chi connectivity index (χ4v) is 3.51. The summed E-state index contributed by atoms with van der Waals surface area (Å²) in [4.78, 5) is -0.0168. The van der Waals surface area contributed by atoms with Gasteiger partial charge in [-0.15, -0.1) is 0 Å². The third kappa shape index (κ3) is 2.68. The molecule has 1 aliphatic carbocycles. The van der Waals surface area contributed by atoms with Crippen LogP contribution in [0, 0.1) is 0 Å². The van der Waals surface area contributed by atoms with Crippen LogP contribution in [0.15, 0.2) is 17.0 Å². The van der Waals surface area contributed by atoms with Gasteiger partial charge >= 0.3 is 0 Å². The molecule has 0 aliphatic heterocycles. The fraction of sp³-hybridized carbons (Fsp3) is 0.400. The van der Waals surface area contributed by atoms with Crippen LogP contribution in [0.1, 0.15) is 12.8 Å². The van der Waals surface area contributed by atoms with E-state index in [9.17, 15) is 8.42 Å². The van der Waals surface area contributed by atoms with E-state index >= 15 is 0 Å². The molecule has 0 heterocycles. The lowest BCUT2D eigenvalue weighted by Crippen LogP contribution is -2.26. The zero-order valence-electron chi connectivity index (χ0n) is 9.04. The molecule has 0 unspecified atom stereocenters. The Kier molecular flexibility index (Phi) is 3.54. The Hall–Kier alpha value is -0.490. The molecule has 1 N–H and O–H groups in total. The smallest absolute Gasteiger partial charge is 0.242 e. The predicted molar refractivity (Wildman–Crippen MR) is 66.4 cm³/mol. The quantitative estimate of drug-likeness (QED) is 0.928. The molecule has 0 spiro atoms. The molecule has 1 aromatic rings. The number of nitrogens with one attached hydrogen (secondary N) is 1. The molecule has 2 rings (SSSR count). The van der Waals surface area contributed by atoms with E-state index < -0.39 is 10.0 Å². The van der Waals surface area contributed by atoms with E-state index in [1.54, 1.807) is 0 Å². The topological polar surface area (TPSA) is 55.4 Å². The molecule has 0 aromatic heterocycles. The number of rotatable bonds is 4. The zero-order valence-corrected chi connectivity index (χ0v) is 11.4. The van der Waals surface area contributed by atoms with E-state index in [-0.39, 0.29) is 21.0 Å². The molecule has 0 saturated heterocycles. The molecular formula is C10H11Cl2NO3S. The average molecular weight is 296 g/mol. The molecule has 1 aromatic carbocycles. The van der Waals surface area contributed by atoms with Crippen LogP contribution >= 0.6 is 23.2 Å². The maximum atomic E-state index is 12.0. The van der Waals surface area contributed by atoms with Crippen molar-refractivity contribution in [1.29, 1.82) is 0 Å². The molecule has 4 nitrogen and oxygen atoms in total. The van der Waals surface area contributed by atoms with Gasteiger partial charge in [0.05, 0.1) is 12.1 Å². The maximum absolute atomic E-state index is 12.0. The fourth-order valence-electron chi connectivity index (χ4n) is 1.36. The monoisotopic (exact) mass is 295 g/mol. The molecular weight excluding hydrogens is 285 g/mol. The van der Waals surface area contributed by atoms with Crippen molar-refractivity contribution in [3.8, 4) is 5.75 Å². The molecule has 1 saturated carbocycles. The summed E-state index contributed by atoms with van der Waals surface area (Å²) in [6.07, 6.45) is 1.72. The van der Waals surface area contributed by atoms with Crippen LogP contribution in [0.2, 0.25) is 10.0 Å². The highest BCUT2D eigenvalue weighted by Crippen LogP contribution is 2.37. The highest BCUT2D eigenvalue weighted by Gasteiger charge is 2.30. The second-order valence-corrected chi connectivity index (χ2v) is 6.23. The van der Waals surface area contributed by atoms with Crippen molar-refractivity contribution in [3.63, 3.8) is 0 Å². The SMILES string of the molecule is COc1ccc(S(=O)(=O)NC2CC2)c(Cl)c1Cl. The van der Waals surface area contributed by atoms with Gasteiger partial charge in [-0.1, -0.05) is 23.2 Å². The lowest BCUT2D eigenvalue weighted by atomic mass is 10.3. The molecule has 7 heteroatoms. The van der Waals surface area contributed by atoms with Crippen molar-refractivity contribution in [3.05, 3.63) is 22.2 Å². The Morgan fingerprint density at radius 2 is 1.94 bits per heavy atom. The number of halogens is 2. The molecule has 0 amide bonds. The van der Waals surface area contributed by atoms with Crippen molar-refractivity contribution in [2.24, 2.45) is 0 Å².